The molecule has 0 radical (unpaired) electrons. The van der Waals surface area contributed by atoms with Crippen LogP contribution in [0.25, 0.3) is 0 Å². The predicted molar refractivity (Wildman–Crippen MR) is 50.8 cm³/mol. The normalized spacial score (nSPS) is 43.4. The SMILES string of the molecule is O=[N+]([O-])O[C@@H]1CO[C@H]2[C@@H]1OC[C@@H]2OCC1CO1. The fourth-order valence-electron chi connectivity index (χ4n) is 2.17. The largest absolute Gasteiger partial charge is 0.371 e. The molecule has 3 fully saturated rings. The van der Waals surface area contributed by atoms with E-state index < -0.39 is 17.3 Å². The highest BCUT2D eigenvalue weighted by Gasteiger charge is 2.50. The zero-order valence-electron chi connectivity index (χ0n) is 9.02. The maximum atomic E-state index is 10.3. The molecule has 5 atom stereocenters. The fraction of sp³-hybridized carbons (Fsp3) is 1.00. The maximum absolute atomic E-state index is 10.3. The highest BCUT2D eigenvalue weighted by molar-refractivity contribution is 4.95. The third-order valence-corrected chi connectivity index (χ3v) is 3.08. The first kappa shape index (κ1) is 11.1. The van der Waals surface area contributed by atoms with E-state index in [2.05, 4.69) is 4.84 Å². The number of hydrogen-bond acceptors (Lipinski definition) is 7. The monoisotopic (exact) mass is 247 g/mol. The smallest absolute Gasteiger partial charge is 0.294 e. The summed E-state index contributed by atoms with van der Waals surface area (Å²) >= 11 is 0. The molecule has 1 unspecified atom stereocenters. The van der Waals surface area contributed by atoms with Crippen molar-refractivity contribution in [2.24, 2.45) is 0 Å². The molecule has 0 aromatic carbocycles. The van der Waals surface area contributed by atoms with Crippen molar-refractivity contribution in [3.63, 3.8) is 0 Å². The Labute approximate surface area is 96.8 Å². The first-order valence-electron chi connectivity index (χ1n) is 5.51. The van der Waals surface area contributed by atoms with Gasteiger partial charge in [-0.1, -0.05) is 0 Å². The molecule has 3 rings (SSSR count). The maximum Gasteiger partial charge on any atom is 0.294 e. The zero-order chi connectivity index (χ0) is 11.8. The van der Waals surface area contributed by atoms with Crippen LogP contribution >= 0.6 is 0 Å². The molecule has 0 spiro atoms. The minimum Gasteiger partial charge on any atom is -0.371 e. The van der Waals surface area contributed by atoms with Gasteiger partial charge in [-0.15, -0.1) is 10.1 Å². The lowest BCUT2D eigenvalue weighted by atomic mass is 10.1. The van der Waals surface area contributed by atoms with E-state index in [1.807, 2.05) is 0 Å². The van der Waals surface area contributed by atoms with Crippen molar-refractivity contribution in [2.45, 2.75) is 30.5 Å². The summed E-state index contributed by atoms with van der Waals surface area (Å²) in [6, 6.07) is 0. The highest BCUT2D eigenvalue weighted by Crippen LogP contribution is 2.30. The molecule has 3 aliphatic rings. The van der Waals surface area contributed by atoms with Crippen molar-refractivity contribution in [1.82, 2.24) is 0 Å². The predicted octanol–water partition coefficient (Wildman–Crippen LogP) is -0.855. The van der Waals surface area contributed by atoms with Crippen molar-refractivity contribution >= 4 is 0 Å². The van der Waals surface area contributed by atoms with Crippen LogP contribution in [0.5, 0.6) is 0 Å². The van der Waals surface area contributed by atoms with Gasteiger partial charge in [0.15, 0.2) is 6.10 Å². The van der Waals surface area contributed by atoms with Gasteiger partial charge < -0.3 is 23.8 Å². The molecular formula is C9H13NO7. The van der Waals surface area contributed by atoms with Crippen LogP contribution in [0.15, 0.2) is 0 Å². The van der Waals surface area contributed by atoms with Crippen molar-refractivity contribution in [3.05, 3.63) is 10.1 Å². The van der Waals surface area contributed by atoms with Gasteiger partial charge in [-0.3, -0.25) is 0 Å². The van der Waals surface area contributed by atoms with Crippen LogP contribution in [-0.4, -0.2) is 62.0 Å². The Hall–Kier alpha value is -0.960. The van der Waals surface area contributed by atoms with Gasteiger partial charge in [0, 0.05) is 0 Å². The summed E-state index contributed by atoms with van der Waals surface area (Å²) < 4.78 is 21.5. The molecule has 0 aliphatic carbocycles. The minimum atomic E-state index is -0.814. The summed E-state index contributed by atoms with van der Waals surface area (Å²) in [5, 5.41) is 9.46. The Bertz CT molecular complexity index is 308. The molecule has 0 saturated carbocycles. The van der Waals surface area contributed by atoms with Crippen LogP contribution in [0, 0.1) is 10.1 Å². The Morgan fingerprint density at radius 1 is 1.12 bits per heavy atom. The lowest BCUT2D eigenvalue weighted by Gasteiger charge is -2.16. The van der Waals surface area contributed by atoms with Crippen molar-refractivity contribution in [3.8, 4) is 0 Å². The molecule has 3 heterocycles. The van der Waals surface area contributed by atoms with E-state index in [1.165, 1.54) is 0 Å². The van der Waals surface area contributed by atoms with Gasteiger partial charge >= 0.3 is 0 Å². The van der Waals surface area contributed by atoms with Crippen LogP contribution in [0.3, 0.4) is 0 Å². The number of fused-ring (bicyclic) bond motifs is 1. The molecule has 8 nitrogen and oxygen atoms in total. The lowest BCUT2D eigenvalue weighted by molar-refractivity contribution is -0.769. The summed E-state index contributed by atoms with van der Waals surface area (Å²) in [5.74, 6) is 0. The molecular weight excluding hydrogens is 234 g/mol. The van der Waals surface area contributed by atoms with Crippen LogP contribution < -0.4 is 0 Å². The average Bonchev–Trinajstić information content (AvgIpc) is 2.89. The van der Waals surface area contributed by atoms with Crippen LogP contribution in [0.4, 0.5) is 0 Å². The topological polar surface area (TPSA) is 92.6 Å². The van der Waals surface area contributed by atoms with E-state index in [9.17, 15) is 10.1 Å². The van der Waals surface area contributed by atoms with E-state index in [1.54, 1.807) is 0 Å². The minimum absolute atomic E-state index is 0.163. The first-order valence-corrected chi connectivity index (χ1v) is 5.51. The van der Waals surface area contributed by atoms with Gasteiger partial charge in [0.25, 0.3) is 5.09 Å². The molecule has 0 aromatic heterocycles. The Kier molecular flexibility index (Phi) is 2.87. The average molecular weight is 247 g/mol. The number of nitrogens with zero attached hydrogens (tertiary/aromatic N) is 1. The molecule has 0 bridgehead atoms. The van der Waals surface area contributed by atoms with E-state index in [0.29, 0.717) is 13.2 Å². The molecule has 3 aliphatic heterocycles. The Balaban J connectivity index is 1.52. The van der Waals surface area contributed by atoms with Gasteiger partial charge in [-0.2, -0.15) is 0 Å². The zero-order valence-corrected chi connectivity index (χ0v) is 9.02. The first-order chi connectivity index (χ1) is 8.24. The van der Waals surface area contributed by atoms with Gasteiger partial charge in [0.2, 0.25) is 0 Å². The summed E-state index contributed by atoms with van der Waals surface area (Å²) in [5.41, 5.74) is 0. The standard InChI is InChI=1S/C9H13NO7/c11-10(12)17-7-4-16-8-6(3-15-9(7)8)14-2-5-1-13-5/h5-9H,1-4H2/t5?,6-,7+,8+,9+/m0/s1. The molecule has 17 heavy (non-hydrogen) atoms. The summed E-state index contributed by atoms with van der Waals surface area (Å²) in [4.78, 5) is 14.8. The van der Waals surface area contributed by atoms with Gasteiger partial charge in [-0.05, 0) is 0 Å². The van der Waals surface area contributed by atoms with E-state index >= 15 is 0 Å². The van der Waals surface area contributed by atoms with Crippen molar-refractivity contribution in [1.29, 1.82) is 0 Å². The van der Waals surface area contributed by atoms with Crippen LogP contribution in [0.2, 0.25) is 0 Å². The van der Waals surface area contributed by atoms with Crippen molar-refractivity contribution < 1.29 is 28.9 Å². The van der Waals surface area contributed by atoms with Crippen LogP contribution in [-0.2, 0) is 23.8 Å². The van der Waals surface area contributed by atoms with E-state index in [0.717, 1.165) is 6.61 Å². The Morgan fingerprint density at radius 3 is 2.41 bits per heavy atom. The van der Waals surface area contributed by atoms with Gasteiger partial charge in [0.1, 0.15) is 24.4 Å². The number of ether oxygens (including phenoxy) is 4. The summed E-state index contributed by atoms with van der Waals surface area (Å²) in [6.07, 6.45) is -1.35. The quantitative estimate of drug-likeness (QED) is 0.354. The number of rotatable bonds is 5. The number of epoxide rings is 1. The molecule has 3 saturated heterocycles. The van der Waals surface area contributed by atoms with Gasteiger partial charge in [-0.25, -0.2) is 0 Å². The molecule has 0 aromatic rings. The second kappa shape index (κ2) is 4.37. The summed E-state index contributed by atoms with van der Waals surface area (Å²) in [7, 11) is 0. The van der Waals surface area contributed by atoms with E-state index in [4.69, 9.17) is 18.9 Å². The second-order valence-corrected chi connectivity index (χ2v) is 4.29. The lowest BCUT2D eigenvalue weighted by Crippen LogP contribution is -2.35. The number of hydrogen-bond donors (Lipinski definition) is 0. The Morgan fingerprint density at radius 2 is 1.76 bits per heavy atom. The molecule has 96 valence electrons. The van der Waals surface area contributed by atoms with Gasteiger partial charge in [0.05, 0.1) is 26.4 Å². The molecule has 0 amide bonds. The summed E-state index contributed by atoms with van der Waals surface area (Å²) in [6.45, 7) is 1.78. The molecule has 8 heteroatoms. The third kappa shape index (κ3) is 2.34. The highest BCUT2D eigenvalue weighted by atomic mass is 17.0. The van der Waals surface area contributed by atoms with E-state index in [-0.39, 0.29) is 24.9 Å². The van der Waals surface area contributed by atoms with Crippen molar-refractivity contribution in [2.75, 3.05) is 26.4 Å². The fourth-order valence-corrected chi connectivity index (χ4v) is 2.17. The third-order valence-electron chi connectivity index (χ3n) is 3.08. The second-order valence-electron chi connectivity index (χ2n) is 4.29. The van der Waals surface area contributed by atoms with Crippen LogP contribution in [0.1, 0.15) is 0 Å². The molecule has 0 N–H and O–H groups in total.